The largest absolute Gasteiger partial charge is 0.508 e. The van der Waals surface area contributed by atoms with Crippen molar-refractivity contribution in [2.45, 2.75) is 13.0 Å². The maximum Gasteiger partial charge on any atom is 0.226 e. The minimum absolute atomic E-state index is 0.119. The lowest BCUT2D eigenvalue weighted by atomic mass is 10.1. The lowest BCUT2D eigenvalue weighted by Crippen LogP contribution is -2.05. The summed E-state index contributed by atoms with van der Waals surface area (Å²) in [4.78, 5) is 10.1. The number of benzene rings is 2. The first-order valence-corrected chi connectivity index (χ1v) is 8.85. The van der Waals surface area contributed by atoms with Gasteiger partial charge in [-0.15, -0.1) is 11.3 Å². The number of aromatic hydroxyl groups is 1. The highest BCUT2D eigenvalue weighted by molar-refractivity contribution is 7.16. The molecule has 0 spiro atoms. The van der Waals surface area contributed by atoms with Gasteiger partial charge in [-0.2, -0.15) is 4.98 Å². The summed E-state index contributed by atoms with van der Waals surface area (Å²) < 4.78 is 6.16. The van der Waals surface area contributed by atoms with Gasteiger partial charge in [-0.05, 0) is 48.2 Å². The van der Waals surface area contributed by atoms with Gasteiger partial charge in [-0.25, -0.2) is 4.98 Å². The van der Waals surface area contributed by atoms with E-state index in [4.69, 9.17) is 4.74 Å². The van der Waals surface area contributed by atoms with E-state index in [0.29, 0.717) is 11.7 Å². The zero-order valence-electron chi connectivity index (χ0n) is 13.6. The first kappa shape index (κ1) is 15.6. The summed E-state index contributed by atoms with van der Waals surface area (Å²) in [6.45, 7) is 2.01. The summed E-state index contributed by atoms with van der Waals surface area (Å²) >= 11 is 1.56. The molecule has 0 amide bonds. The van der Waals surface area contributed by atoms with Crippen LogP contribution in [0.5, 0.6) is 11.6 Å². The van der Waals surface area contributed by atoms with Crippen molar-refractivity contribution >= 4 is 21.6 Å². The van der Waals surface area contributed by atoms with Crippen molar-refractivity contribution in [3.63, 3.8) is 0 Å². The van der Waals surface area contributed by atoms with Crippen LogP contribution in [0.3, 0.4) is 0 Å². The van der Waals surface area contributed by atoms with Gasteiger partial charge in [0, 0.05) is 5.56 Å². The monoisotopic (exact) mass is 348 g/mol. The molecule has 4 aromatic rings. The molecule has 1 atom stereocenters. The molecule has 5 heteroatoms. The second-order valence-corrected chi connectivity index (χ2v) is 6.60. The van der Waals surface area contributed by atoms with Crippen molar-refractivity contribution in [1.29, 1.82) is 0 Å². The highest BCUT2D eigenvalue weighted by Gasteiger charge is 2.15. The van der Waals surface area contributed by atoms with E-state index in [9.17, 15) is 5.11 Å². The van der Waals surface area contributed by atoms with Crippen molar-refractivity contribution < 1.29 is 9.84 Å². The molecule has 0 saturated carbocycles. The minimum Gasteiger partial charge on any atom is -0.508 e. The maximum atomic E-state index is 9.48. The quantitative estimate of drug-likeness (QED) is 0.550. The SMILES string of the molecule is CC(Oc1nc(-c2ccc(O)cc2)nc2sccc12)c1ccccc1. The van der Waals surface area contributed by atoms with Crippen LogP contribution < -0.4 is 4.74 Å². The Kier molecular flexibility index (Phi) is 4.07. The fraction of sp³-hybridized carbons (Fsp3) is 0.100. The fourth-order valence-corrected chi connectivity index (χ4v) is 3.37. The third-order valence-electron chi connectivity index (χ3n) is 3.97. The number of ether oxygens (including phenoxy) is 1. The predicted octanol–water partition coefficient (Wildman–Crippen LogP) is 5.20. The van der Waals surface area contributed by atoms with Crippen molar-refractivity contribution in [2.75, 3.05) is 0 Å². The number of nitrogens with zero attached hydrogens (tertiary/aromatic N) is 2. The smallest absolute Gasteiger partial charge is 0.226 e. The zero-order chi connectivity index (χ0) is 17.2. The molecule has 4 rings (SSSR count). The topological polar surface area (TPSA) is 55.2 Å². The van der Waals surface area contributed by atoms with Crippen LogP contribution in [-0.4, -0.2) is 15.1 Å². The van der Waals surface area contributed by atoms with Crippen molar-refractivity contribution in [2.24, 2.45) is 0 Å². The molecule has 1 unspecified atom stereocenters. The first-order valence-electron chi connectivity index (χ1n) is 7.97. The Morgan fingerprint density at radius 1 is 0.960 bits per heavy atom. The third kappa shape index (κ3) is 3.19. The maximum absolute atomic E-state index is 9.48. The molecule has 0 radical (unpaired) electrons. The molecular weight excluding hydrogens is 332 g/mol. The molecule has 0 fully saturated rings. The summed E-state index contributed by atoms with van der Waals surface area (Å²) in [5.41, 5.74) is 1.93. The number of hydrogen-bond donors (Lipinski definition) is 1. The highest BCUT2D eigenvalue weighted by atomic mass is 32.1. The van der Waals surface area contributed by atoms with E-state index >= 15 is 0 Å². The molecule has 0 saturated heterocycles. The number of hydrogen-bond acceptors (Lipinski definition) is 5. The molecule has 2 aromatic heterocycles. The van der Waals surface area contributed by atoms with Crippen LogP contribution in [0.15, 0.2) is 66.0 Å². The van der Waals surface area contributed by atoms with Crippen LogP contribution in [0.2, 0.25) is 0 Å². The number of phenols is 1. The van der Waals surface area contributed by atoms with E-state index in [1.54, 1.807) is 35.6 Å². The summed E-state index contributed by atoms with van der Waals surface area (Å²) in [5.74, 6) is 1.38. The Labute approximate surface area is 149 Å². The molecule has 1 N–H and O–H groups in total. The average Bonchev–Trinajstić information content (AvgIpc) is 3.12. The molecule has 0 aliphatic heterocycles. The van der Waals surface area contributed by atoms with Gasteiger partial charge in [0.15, 0.2) is 5.82 Å². The third-order valence-corrected chi connectivity index (χ3v) is 4.78. The van der Waals surface area contributed by atoms with Crippen molar-refractivity contribution in [3.8, 4) is 23.0 Å². The van der Waals surface area contributed by atoms with Crippen LogP contribution in [0.1, 0.15) is 18.6 Å². The van der Waals surface area contributed by atoms with Gasteiger partial charge in [0.05, 0.1) is 5.39 Å². The van der Waals surface area contributed by atoms with Crippen LogP contribution in [-0.2, 0) is 0 Å². The lowest BCUT2D eigenvalue weighted by molar-refractivity contribution is 0.221. The molecular formula is C20H16N2O2S. The first-order chi connectivity index (χ1) is 12.2. The summed E-state index contributed by atoms with van der Waals surface area (Å²) in [6, 6.07) is 18.9. The van der Waals surface area contributed by atoms with Gasteiger partial charge in [-0.1, -0.05) is 30.3 Å². The molecule has 124 valence electrons. The molecule has 0 bridgehead atoms. The van der Waals surface area contributed by atoms with Gasteiger partial charge < -0.3 is 9.84 Å². The minimum atomic E-state index is -0.119. The number of phenolic OH excluding ortho intramolecular Hbond substituents is 1. The zero-order valence-corrected chi connectivity index (χ0v) is 14.4. The van der Waals surface area contributed by atoms with Gasteiger partial charge in [0.1, 0.15) is 16.7 Å². The standard InChI is InChI=1S/C20H16N2O2S/c1-13(14-5-3-2-4-6-14)24-19-17-11-12-25-20(17)22-18(21-19)15-7-9-16(23)10-8-15/h2-13,23H,1H3. The second kappa shape index (κ2) is 6.53. The Balaban J connectivity index is 1.75. The molecule has 0 aliphatic rings. The molecule has 2 aromatic carbocycles. The van der Waals surface area contributed by atoms with Crippen molar-refractivity contribution in [3.05, 3.63) is 71.6 Å². The van der Waals surface area contributed by atoms with Crippen LogP contribution in [0.25, 0.3) is 21.6 Å². The second-order valence-electron chi connectivity index (χ2n) is 5.71. The van der Waals surface area contributed by atoms with Crippen molar-refractivity contribution in [1.82, 2.24) is 9.97 Å². The van der Waals surface area contributed by atoms with Gasteiger partial charge in [0.25, 0.3) is 0 Å². The molecule has 2 heterocycles. The fourth-order valence-electron chi connectivity index (χ4n) is 2.62. The average molecular weight is 348 g/mol. The summed E-state index contributed by atoms with van der Waals surface area (Å²) in [5, 5.41) is 12.4. The Bertz CT molecular complexity index is 997. The van der Waals surface area contributed by atoms with E-state index in [1.807, 2.05) is 48.7 Å². The Hall–Kier alpha value is -2.92. The Morgan fingerprint density at radius 2 is 1.72 bits per heavy atom. The molecule has 0 aliphatic carbocycles. The van der Waals surface area contributed by atoms with E-state index in [0.717, 1.165) is 21.3 Å². The summed E-state index contributed by atoms with van der Waals surface area (Å²) in [6.07, 6.45) is -0.119. The van der Waals surface area contributed by atoms with Crippen LogP contribution in [0.4, 0.5) is 0 Å². The van der Waals surface area contributed by atoms with Crippen LogP contribution >= 0.6 is 11.3 Å². The Morgan fingerprint density at radius 3 is 2.48 bits per heavy atom. The number of aromatic nitrogens is 2. The molecule has 25 heavy (non-hydrogen) atoms. The number of rotatable bonds is 4. The number of thiophene rings is 1. The number of fused-ring (bicyclic) bond motifs is 1. The van der Waals surface area contributed by atoms with Crippen LogP contribution in [0, 0.1) is 0 Å². The summed E-state index contributed by atoms with van der Waals surface area (Å²) in [7, 11) is 0. The lowest BCUT2D eigenvalue weighted by Gasteiger charge is -2.15. The molecule has 4 nitrogen and oxygen atoms in total. The highest BCUT2D eigenvalue weighted by Crippen LogP contribution is 2.32. The van der Waals surface area contributed by atoms with E-state index in [-0.39, 0.29) is 11.9 Å². The van der Waals surface area contributed by atoms with Gasteiger partial charge in [-0.3, -0.25) is 0 Å². The van der Waals surface area contributed by atoms with Gasteiger partial charge >= 0.3 is 0 Å². The van der Waals surface area contributed by atoms with E-state index in [1.165, 1.54) is 0 Å². The van der Waals surface area contributed by atoms with E-state index < -0.39 is 0 Å². The van der Waals surface area contributed by atoms with E-state index in [2.05, 4.69) is 9.97 Å². The van der Waals surface area contributed by atoms with Gasteiger partial charge in [0.2, 0.25) is 5.88 Å². The predicted molar refractivity (Wildman–Crippen MR) is 100 cm³/mol. The normalized spacial score (nSPS) is 12.2.